The summed E-state index contributed by atoms with van der Waals surface area (Å²) < 4.78 is 10.8. The number of aryl methyl sites for hydroxylation is 1. The predicted octanol–water partition coefficient (Wildman–Crippen LogP) is 3.52. The van der Waals surface area contributed by atoms with Crippen molar-refractivity contribution in [2.75, 3.05) is 6.54 Å². The minimum absolute atomic E-state index is 0.00949. The number of fused-ring (bicyclic) bond motifs is 1. The molecule has 0 radical (unpaired) electrons. The maximum atomic E-state index is 12.3. The summed E-state index contributed by atoms with van der Waals surface area (Å²) in [7, 11) is 0. The lowest BCUT2D eigenvalue weighted by molar-refractivity contribution is -0.122. The number of nitrogens with one attached hydrogen (secondary N) is 2. The highest BCUT2D eigenvalue weighted by Gasteiger charge is 2.35. The van der Waals surface area contributed by atoms with E-state index in [9.17, 15) is 9.59 Å². The number of hydrogen-bond donors (Lipinski definition) is 2. The van der Waals surface area contributed by atoms with Crippen LogP contribution in [0.2, 0.25) is 0 Å². The van der Waals surface area contributed by atoms with Gasteiger partial charge >= 0.3 is 0 Å². The average Bonchev–Trinajstić information content (AvgIpc) is 3.19. The zero-order valence-corrected chi connectivity index (χ0v) is 15.6. The van der Waals surface area contributed by atoms with E-state index in [1.807, 2.05) is 13.0 Å². The molecule has 0 bridgehead atoms. The molecule has 1 atom stereocenters. The molecule has 0 aromatic carbocycles. The summed E-state index contributed by atoms with van der Waals surface area (Å²) in [5, 5.41) is 5.88. The second-order valence-electron chi connectivity index (χ2n) is 7.74. The van der Waals surface area contributed by atoms with E-state index in [0.717, 1.165) is 29.9 Å². The SMILES string of the molecule is Cc1cc2c(o1)CC(C)(C)CC2NC(=O)CCCNC(=O)c1ccco1. The van der Waals surface area contributed by atoms with Crippen LogP contribution in [-0.4, -0.2) is 18.4 Å². The van der Waals surface area contributed by atoms with Crippen LogP contribution in [0.3, 0.4) is 0 Å². The van der Waals surface area contributed by atoms with E-state index in [4.69, 9.17) is 8.83 Å². The molecule has 0 fully saturated rings. The van der Waals surface area contributed by atoms with Crippen molar-refractivity contribution in [2.45, 2.75) is 52.5 Å². The first kappa shape index (κ1) is 18.3. The molecule has 6 nitrogen and oxygen atoms in total. The lowest BCUT2D eigenvalue weighted by Crippen LogP contribution is -2.36. The van der Waals surface area contributed by atoms with Gasteiger partial charge in [-0.3, -0.25) is 9.59 Å². The fourth-order valence-electron chi connectivity index (χ4n) is 3.53. The molecule has 1 unspecified atom stereocenters. The van der Waals surface area contributed by atoms with E-state index in [1.165, 1.54) is 6.26 Å². The minimum atomic E-state index is -0.261. The molecule has 0 saturated carbocycles. The molecule has 2 amide bonds. The molecular formula is C20H26N2O4. The molecule has 26 heavy (non-hydrogen) atoms. The second-order valence-corrected chi connectivity index (χ2v) is 7.74. The van der Waals surface area contributed by atoms with Gasteiger partial charge in [-0.15, -0.1) is 0 Å². The van der Waals surface area contributed by atoms with Gasteiger partial charge in [0.2, 0.25) is 5.91 Å². The van der Waals surface area contributed by atoms with E-state index in [2.05, 4.69) is 24.5 Å². The first-order valence-electron chi connectivity index (χ1n) is 9.04. The molecule has 0 saturated heterocycles. The molecule has 0 aliphatic heterocycles. The van der Waals surface area contributed by atoms with Gasteiger partial charge < -0.3 is 19.5 Å². The maximum absolute atomic E-state index is 12.3. The number of rotatable bonds is 6. The first-order valence-corrected chi connectivity index (χ1v) is 9.04. The van der Waals surface area contributed by atoms with Gasteiger partial charge in [-0.1, -0.05) is 13.8 Å². The fourth-order valence-corrected chi connectivity index (χ4v) is 3.53. The predicted molar refractivity (Wildman–Crippen MR) is 96.7 cm³/mol. The third kappa shape index (κ3) is 4.36. The fraction of sp³-hybridized carbons (Fsp3) is 0.500. The van der Waals surface area contributed by atoms with Gasteiger partial charge in [0, 0.05) is 24.9 Å². The van der Waals surface area contributed by atoms with Crippen molar-refractivity contribution < 1.29 is 18.4 Å². The lowest BCUT2D eigenvalue weighted by atomic mass is 9.74. The summed E-state index contributed by atoms with van der Waals surface area (Å²) in [5.74, 6) is 1.87. The summed E-state index contributed by atoms with van der Waals surface area (Å²) >= 11 is 0. The summed E-state index contributed by atoms with van der Waals surface area (Å²) in [4.78, 5) is 24.1. The van der Waals surface area contributed by atoms with Crippen LogP contribution in [0.1, 0.15) is 66.8 Å². The van der Waals surface area contributed by atoms with Crippen LogP contribution in [0.25, 0.3) is 0 Å². The van der Waals surface area contributed by atoms with Gasteiger partial charge in [-0.2, -0.15) is 0 Å². The zero-order chi connectivity index (χ0) is 18.7. The molecule has 1 aliphatic carbocycles. The summed E-state index contributed by atoms with van der Waals surface area (Å²) in [6.45, 7) is 6.75. The van der Waals surface area contributed by atoms with Gasteiger partial charge in [-0.25, -0.2) is 0 Å². The van der Waals surface area contributed by atoms with Crippen molar-refractivity contribution in [1.82, 2.24) is 10.6 Å². The average molecular weight is 358 g/mol. The van der Waals surface area contributed by atoms with E-state index < -0.39 is 0 Å². The quantitative estimate of drug-likeness (QED) is 0.774. The van der Waals surface area contributed by atoms with Crippen LogP contribution in [0.4, 0.5) is 0 Å². The molecule has 3 rings (SSSR count). The topological polar surface area (TPSA) is 84.5 Å². The maximum Gasteiger partial charge on any atom is 0.286 e. The van der Waals surface area contributed by atoms with Crippen molar-refractivity contribution in [1.29, 1.82) is 0 Å². The van der Waals surface area contributed by atoms with Crippen LogP contribution in [0.15, 0.2) is 33.3 Å². The van der Waals surface area contributed by atoms with Crippen LogP contribution in [-0.2, 0) is 11.2 Å². The van der Waals surface area contributed by atoms with Crippen LogP contribution in [0.5, 0.6) is 0 Å². The van der Waals surface area contributed by atoms with E-state index >= 15 is 0 Å². The molecular weight excluding hydrogens is 332 g/mol. The first-order chi connectivity index (χ1) is 12.3. The monoisotopic (exact) mass is 358 g/mol. The standard InChI is InChI=1S/C20H26N2O4/c1-13-10-14-15(11-20(2,3)12-17(14)26-13)22-18(23)7-4-8-21-19(24)16-6-5-9-25-16/h5-6,9-10,15H,4,7-8,11-12H2,1-3H3,(H,21,24)(H,22,23). The highest BCUT2D eigenvalue weighted by Crippen LogP contribution is 2.42. The third-order valence-electron chi connectivity index (χ3n) is 4.68. The van der Waals surface area contributed by atoms with Crippen molar-refractivity contribution in [3.8, 4) is 0 Å². The summed E-state index contributed by atoms with van der Waals surface area (Å²) in [6, 6.07) is 5.28. The Labute approximate surface area is 153 Å². The molecule has 2 N–H and O–H groups in total. The smallest absolute Gasteiger partial charge is 0.286 e. The van der Waals surface area contributed by atoms with Crippen LogP contribution < -0.4 is 10.6 Å². The third-order valence-corrected chi connectivity index (χ3v) is 4.68. The van der Waals surface area contributed by atoms with Crippen molar-refractivity contribution >= 4 is 11.8 Å². The van der Waals surface area contributed by atoms with Crippen LogP contribution >= 0.6 is 0 Å². The number of carbonyl (C=O) groups excluding carboxylic acids is 2. The molecule has 2 aromatic rings. The Morgan fingerprint density at radius 3 is 2.88 bits per heavy atom. The Balaban J connectivity index is 1.48. The lowest BCUT2D eigenvalue weighted by Gasteiger charge is -2.34. The number of carbonyl (C=O) groups is 2. The Morgan fingerprint density at radius 1 is 1.35 bits per heavy atom. The molecule has 0 spiro atoms. The Hall–Kier alpha value is -2.50. The molecule has 2 heterocycles. The van der Waals surface area contributed by atoms with Gasteiger partial charge in [-0.05, 0) is 43.4 Å². The molecule has 1 aliphatic rings. The largest absolute Gasteiger partial charge is 0.466 e. The number of furan rings is 2. The van der Waals surface area contributed by atoms with Gasteiger partial charge in [0.05, 0.1) is 12.3 Å². The van der Waals surface area contributed by atoms with E-state index in [0.29, 0.717) is 19.4 Å². The summed E-state index contributed by atoms with van der Waals surface area (Å²) in [5.41, 5.74) is 1.19. The van der Waals surface area contributed by atoms with Crippen LogP contribution in [0, 0.1) is 12.3 Å². The Kier molecular flexibility index (Phi) is 5.20. The summed E-state index contributed by atoms with van der Waals surface area (Å²) in [6.07, 6.45) is 4.17. The van der Waals surface area contributed by atoms with Gasteiger partial charge in [0.15, 0.2) is 5.76 Å². The van der Waals surface area contributed by atoms with Crippen molar-refractivity contribution in [3.05, 3.63) is 47.3 Å². The normalized spacial score (nSPS) is 18.2. The molecule has 140 valence electrons. The number of amides is 2. The molecule has 6 heteroatoms. The number of hydrogen-bond acceptors (Lipinski definition) is 4. The highest BCUT2D eigenvalue weighted by molar-refractivity contribution is 5.91. The van der Waals surface area contributed by atoms with Gasteiger partial charge in [0.1, 0.15) is 11.5 Å². The van der Waals surface area contributed by atoms with Crippen molar-refractivity contribution in [2.24, 2.45) is 5.41 Å². The van der Waals surface area contributed by atoms with E-state index in [1.54, 1.807) is 12.1 Å². The molecule has 2 aromatic heterocycles. The van der Waals surface area contributed by atoms with Crippen molar-refractivity contribution in [3.63, 3.8) is 0 Å². The highest BCUT2D eigenvalue weighted by atomic mass is 16.3. The Morgan fingerprint density at radius 2 is 2.15 bits per heavy atom. The Bertz CT molecular complexity index is 774. The zero-order valence-electron chi connectivity index (χ0n) is 15.6. The van der Waals surface area contributed by atoms with Gasteiger partial charge in [0.25, 0.3) is 5.91 Å². The second kappa shape index (κ2) is 7.40. The van der Waals surface area contributed by atoms with E-state index in [-0.39, 0.29) is 29.0 Å². The minimum Gasteiger partial charge on any atom is -0.466 e.